The lowest BCUT2D eigenvalue weighted by atomic mass is 9.65. The van der Waals surface area contributed by atoms with Gasteiger partial charge in [0.25, 0.3) is 0 Å². The van der Waals surface area contributed by atoms with Crippen molar-refractivity contribution in [3.63, 3.8) is 0 Å². The van der Waals surface area contributed by atoms with Crippen LogP contribution in [0.25, 0.3) is 60.9 Å². The Morgan fingerprint density at radius 2 is 0.808 bits per heavy atom. The van der Waals surface area contributed by atoms with Crippen LogP contribution in [0.2, 0.25) is 0 Å². The normalized spacial score (nSPS) is 15.0. The number of rotatable bonds is 5. The number of para-hydroxylation sites is 2. The van der Waals surface area contributed by atoms with Crippen molar-refractivity contribution >= 4 is 38.9 Å². The van der Waals surface area contributed by atoms with Gasteiger partial charge in [0.15, 0.2) is 0 Å². The molecule has 1 aliphatic heterocycles. The van der Waals surface area contributed by atoms with E-state index in [2.05, 4.69) is 278 Å². The highest BCUT2D eigenvalue weighted by atomic mass is 15.1. The summed E-state index contributed by atoms with van der Waals surface area (Å²) in [7, 11) is 0. The van der Waals surface area contributed by atoms with Gasteiger partial charge in [-0.1, -0.05) is 226 Å². The van der Waals surface area contributed by atoms with Crippen LogP contribution in [0, 0.1) is 0 Å². The van der Waals surface area contributed by atoms with Crippen molar-refractivity contribution in [2.24, 2.45) is 0 Å². The lowest BCUT2D eigenvalue weighted by Gasteiger charge is -2.40. The molecule has 0 amide bonds. The molecule has 2 nitrogen and oxygen atoms in total. The van der Waals surface area contributed by atoms with Gasteiger partial charge in [0.05, 0.1) is 33.2 Å². The Labute approximate surface area is 425 Å². The molecule has 12 aromatic rings. The maximum absolute atomic E-state index is 2.60. The number of nitrogens with zero attached hydrogens (tertiary/aromatic N) is 2. The van der Waals surface area contributed by atoms with Gasteiger partial charge in [-0.2, -0.15) is 0 Å². The van der Waals surface area contributed by atoms with Crippen LogP contribution in [0.4, 0.5) is 17.1 Å². The van der Waals surface area contributed by atoms with Gasteiger partial charge in [0, 0.05) is 33.1 Å². The molecular formula is C71H48N2. The summed E-state index contributed by atoms with van der Waals surface area (Å²) in [4.78, 5) is 2.60. The Morgan fingerprint density at radius 1 is 0.329 bits per heavy atom. The number of hydrogen-bond acceptors (Lipinski definition) is 1. The van der Waals surface area contributed by atoms with Gasteiger partial charge < -0.3 is 9.47 Å². The summed E-state index contributed by atoms with van der Waals surface area (Å²) in [6.07, 6.45) is 0. The molecule has 0 unspecified atom stereocenters. The molecule has 0 saturated carbocycles. The molecule has 0 atom stereocenters. The van der Waals surface area contributed by atoms with Crippen molar-refractivity contribution in [2.45, 2.75) is 30.1 Å². The third-order valence-corrected chi connectivity index (χ3v) is 17.5. The lowest BCUT2D eigenvalue weighted by molar-refractivity contribution is 0.660. The predicted molar refractivity (Wildman–Crippen MR) is 301 cm³/mol. The van der Waals surface area contributed by atoms with Crippen molar-refractivity contribution < 1.29 is 0 Å². The zero-order valence-corrected chi connectivity index (χ0v) is 40.6. The Kier molecular flexibility index (Phi) is 8.12. The molecular weight excluding hydrogens is 881 g/mol. The van der Waals surface area contributed by atoms with E-state index >= 15 is 0 Å². The summed E-state index contributed by atoms with van der Waals surface area (Å²) >= 11 is 0. The molecule has 0 radical (unpaired) electrons. The summed E-state index contributed by atoms with van der Waals surface area (Å²) in [5.74, 6) is 0. The van der Waals surface area contributed by atoms with Gasteiger partial charge >= 0.3 is 0 Å². The first-order valence-electron chi connectivity index (χ1n) is 25.8. The quantitative estimate of drug-likeness (QED) is 0.167. The molecule has 11 aromatic carbocycles. The van der Waals surface area contributed by atoms with Crippen LogP contribution in [-0.4, -0.2) is 4.57 Å². The first-order chi connectivity index (χ1) is 36.0. The minimum Gasteiger partial charge on any atom is -0.310 e. The standard InChI is InChI=1S/C71H48N2/c1-69(2)56-31-14-9-25-49(56)52-41-39-47(43-62(52)69)72(66-38-20-35-60-67(66)55-29-12-17-34-59(55)70(60,45-21-5-3-6-22-45)46-23-7-4-8-24-46)48-40-42-65-63(44-48)71(57-32-15-10-26-50(57)51-27-11-16-33-58(51)71)61-36-19-30-54-53-28-13-18-37-64(53)73(65)68(54)61/h3-44H,1-2H3. The van der Waals surface area contributed by atoms with E-state index in [1.54, 1.807) is 0 Å². The highest BCUT2D eigenvalue weighted by molar-refractivity contribution is 6.13. The van der Waals surface area contributed by atoms with Gasteiger partial charge in [-0.3, -0.25) is 0 Å². The van der Waals surface area contributed by atoms with E-state index in [9.17, 15) is 0 Å². The van der Waals surface area contributed by atoms with Crippen LogP contribution in [0.1, 0.15) is 69.5 Å². The van der Waals surface area contributed by atoms with Crippen LogP contribution < -0.4 is 4.90 Å². The van der Waals surface area contributed by atoms with Gasteiger partial charge in [0.2, 0.25) is 0 Å². The zero-order valence-electron chi connectivity index (χ0n) is 40.6. The molecule has 1 aromatic heterocycles. The summed E-state index contributed by atoms with van der Waals surface area (Å²) in [5.41, 5.74) is 26.5. The summed E-state index contributed by atoms with van der Waals surface area (Å²) < 4.78 is 2.57. The molecule has 0 bridgehead atoms. The number of hydrogen-bond donors (Lipinski definition) is 0. The van der Waals surface area contributed by atoms with E-state index < -0.39 is 10.8 Å². The second kappa shape index (κ2) is 14.6. The molecule has 2 heteroatoms. The van der Waals surface area contributed by atoms with Crippen molar-refractivity contribution in [1.82, 2.24) is 4.57 Å². The van der Waals surface area contributed by atoms with E-state index in [1.165, 1.54) is 117 Å². The SMILES string of the molecule is CC1(C)c2ccccc2-c2ccc(N(c3ccc4c(c3)C3(c5ccccc5-c5ccccc53)c3cccc5c6ccccc6n-4c35)c3cccc4c3-c3ccccc3C4(c3ccccc3)c3ccccc3)cc21. The second-order valence-electron chi connectivity index (χ2n) is 21.1. The van der Waals surface area contributed by atoms with Gasteiger partial charge in [0.1, 0.15) is 0 Å². The molecule has 342 valence electrons. The van der Waals surface area contributed by atoms with Gasteiger partial charge in [-0.25, -0.2) is 0 Å². The molecule has 4 aliphatic rings. The fourth-order valence-electron chi connectivity index (χ4n) is 14.6. The maximum Gasteiger partial charge on any atom is 0.0755 e. The predicted octanol–water partition coefficient (Wildman–Crippen LogP) is 17.6. The fourth-order valence-corrected chi connectivity index (χ4v) is 14.6. The average molecular weight is 929 g/mol. The number of aromatic nitrogens is 1. The average Bonchev–Trinajstić information content (AvgIpc) is 4.13. The topological polar surface area (TPSA) is 8.17 Å². The fraction of sp³-hybridized carbons (Fsp3) is 0.0704. The van der Waals surface area contributed by atoms with Crippen molar-refractivity contribution in [3.8, 4) is 39.1 Å². The van der Waals surface area contributed by atoms with E-state index in [0.717, 1.165) is 17.1 Å². The molecule has 0 fully saturated rings. The van der Waals surface area contributed by atoms with E-state index in [0.29, 0.717) is 0 Å². The highest BCUT2D eigenvalue weighted by Gasteiger charge is 2.52. The number of fused-ring (bicyclic) bond motifs is 18. The van der Waals surface area contributed by atoms with E-state index in [4.69, 9.17) is 0 Å². The Hall–Kier alpha value is -8.98. The van der Waals surface area contributed by atoms with Crippen LogP contribution >= 0.6 is 0 Å². The molecule has 2 heterocycles. The van der Waals surface area contributed by atoms with Crippen molar-refractivity contribution in [1.29, 1.82) is 0 Å². The minimum absolute atomic E-state index is 0.198. The number of anilines is 3. The second-order valence-corrected chi connectivity index (χ2v) is 21.1. The third kappa shape index (κ3) is 5.03. The Morgan fingerprint density at radius 3 is 1.49 bits per heavy atom. The van der Waals surface area contributed by atoms with Gasteiger partial charge in [-0.05, 0) is 126 Å². The molecule has 1 spiro atoms. The monoisotopic (exact) mass is 928 g/mol. The lowest BCUT2D eigenvalue weighted by Crippen LogP contribution is -2.33. The van der Waals surface area contributed by atoms with Crippen LogP contribution in [-0.2, 0) is 16.2 Å². The Bertz CT molecular complexity index is 4220. The molecule has 16 rings (SSSR count). The van der Waals surface area contributed by atoms with Gasteiger partial charge in [-0.15, -0.1) is 0 Å². The summed E-state index contributed by atoms with van der Waals surface area (Å²) in [6.45, 7) is 4.79. The van der Waals surface area contributed by atoms with Crippen LogP contribution in [0.15, 0.2) is 255 Å². The van der Waals surface area contributed by atoms with Crippen molar-refractivity contribution in [3.05, 3.63) is 310 Å². The van der Waals surface area contributed by atoms with E-state index in [-0.39, 0.29) is 5.41 Å². The summed E-state index contributed by atoms with van der Waals surface area (Å²) in [5, 5.41) is 2.56. The molecule has 0 saturated heterocycles. The maximum atomic E-state index is 2.60. The van der Waals surface area contributed by atoms with Crippen LogP contribution in [0.3, 0.4) is 0 Å². The molecule has 73 heavy (non-hydrogen) atoms. The highest BCUT2D eigenvalue weighted by Crippen LogP contribution is 2.64. The Balaban J connectivity index is 1.04. The molecule has 0 N–H and O–H groups in total. The summed E-state index contributed by atoms with van der Waals surface area (Å²) in [6, 6.07) is 96.7. The van der Waals surface area contributed by atoms with E-state index in [1.807, 2.05) is 0 Å². The zero-order chi connectivity index (χ0) is 48.2. The molecule has 3 aliphatic carbocycles. The third-order valence-electron chi connectivity index (χ3n) is 17.5. The van der Waals surface area contributed by atoms with Crippen LogP contribution in [0.5, 0.6) is 0 Å². The minimum atomic E-state index is -0.601. The first kappa shape index (κ1) is 40.7. The first-order valence-corrected chi connectivity index (χ1v) is 25.8. The van der Waals surface area contributed by atoms with Crippen molar-refractivity contribution in [2.75, 3.05) is 4.90 Å². The number of benzene rings is 11. The largest absolute Gasteiger partial charge is 0.310 e. The smallest absolute Gasteiger partial charge is 0.0755 e.